The summed E-state index contributed by atoms with van der Waals surface area (Å²) in [7, 11) is 0. The van der Waals surface area contributed by atoms with Crippen molar-refractivity contribution in [3.05, 3.63) is 54.4 Å². The lowest BCUT2D eigenvalue weighted by Crippen LogP contribution is -1.84. The van der Waals surface area contributed by atoms with Crippen molar-refractivity contribution >= 4 is 32.9 Å². The Labute approximate surface area is 107 Å². The molecule has 0 radical (unpaired) electrons. The molecule has 0 aliphatic carbocycles. The minimum atomic E-state index is 0.656. The van der Waals surface area contributed by atoms with Gasteiger partial charge in [-0.05, 0) is 24.3 Å². The number of rotatable bonds is 2. The van der Waals surface area contributed by atoms with Gasteiger partial charge in [0.25, 0.3) is 5.13 Å². The van der Waals surface area contributed by atoms with Gasteiger partial charge in [-0.15, -0.1) is 0 Å². The lowest BCUT2D eigenvalue weighted by atomic mass is 10.3. The van der Waals surface area contributed by atoms with Crippen LogP contribution in [0.15, 0.2) is 53.8 Å². The first-order valence-corrected chi connectivity index (χ1v) is 6.24. The van der Waals surface area contributed by atoms with Gasteiger partial charge in [0.05, 0.1) is 15.0 Å². The SMILES string of the molecule is C(=[N+]=Nc1nc2ccccc2s1)c1ccccn1. The molecule has 4 nitrogen and oxygen atoms in total. The summed E-state index contributed by atoms with van der Waals surface area (Å²) < 4.78 is 1.12. The van der Waals surface area contributed by atoms with E-state index in [9.17, 15) is 0 Å². The third kappa shape index (κ3) is 2.32. The van der Waals surface area contributed by atoms with Gasteiger partial charge in [0, 0.05) is 6.20 Å². The van der Waals surface area contributed by atoms with E-state index in [1.54, 1.807) is 12.4 Å². The highest BCUT2D eigenvalue weighted by atomic mass is 32.1. The number of hydrogen-bond acceptors (Lipinski definition) is 4. The quantitative estimate of drug-likeness (QED) is 0.400. The van der Waals surface area contributed by atoms with Crippen molar-refractivity contribution in [2.75, 3.05) is 0 Å². The number of hydrogen-bond donors (Lipinski definition) is 0. The second kappa shape index (κ2) is 4.87. The van der Waals surface area contributed by atoms with E-state index in [4.69, 9.17) is 0 Å². The molecule has 0 fully saturated rings. The monoisotopic (exact) mass is 253 g/mol. The molecule has 0 saturated heterocycles. The smallest absolute Gasteiger partial charge is 0.249 e. The Balaban J connectivity index is 1.90. The number of fused-ring (bicyclic) bond motifs is 1. The molecule has 3 rings (SSSR count). The molecule has 5 heteroatoms. The van der Waals surface area contributed by atoms with Gasteiger partial charge in [-0.25, -0.2) is 9.97 Å². The number of aromatic nitrogens is 2. The standard InChI is InChI=1S/C13H9N4S/c1-2-7-12-11(6-1)16-13(18-12)17-15-9-10-5-3-4-8-14-10/h1-9H/q+1. The maximum absolute atomic E-state index is 4.36. The fraction of sp³-hybridized carbons (Fsp3) is 0. The Morgan fingerprint density at radius 2 is 2.00 bits per heavy atom. The van der Waals surface area contributed by atoms with Crippen molar-refractivity contribution in [1.82, 2.24) is 9.97 Å². The van der Waals surface area contributed by atoms with E-state index in [1.165, 1.54) is 11.3 Å². The lowest BCUT2D eigenvalue weighted by molar-refractivity contribution is -0.0691. The van der Waals surface area contributed by atoms with Gasteiger partial charge in [-0.3, -0.25) is 0 Å². The molecule has 2 heterocycles. The van der Waals surface area contributed by atoms with Crippen LogP contribution in [0.4, 0.5) is 5.13 Å². The molecule has 18 heavy (non-hydrogen) atoms. The normalized spacial score (nSPS) is 10.0. The first-order valence-electron chi connectivity index (χ1n) is 5.42. The summed E-state index contributed by atoms with van der Waals surface area (Å²) in [6.07, 6.45) is 3.34. The van der Waals surface area contributed by atoms with Crippen LogP contribution in [0.3, 0.4) is 0 Å². The van der Waals surface area contributed by atoms with E-state index in [0.717, 1.165) is 15.9 Å². The number of nitrogens with zero attached hydrogens (tertiary/aromatic N) is 4. The average Bonchev–Trinajstić information content (AvgIpc) is 2.82. The van der Waals surface area contributed by atoms with Gasteiger partial charge in [-0.1, -0.05) is 29.5 Å². The van der Waals surface area contributed by atoms with Crippen molar-refractivity contribution in [3.63, 3.8) is 0 Å². The molecule has 0 atom stereocenters. The molecular formula is C13H9N4S+. The summed E-state index contributed by atoms with van der Waals surface area (Å²) in [5.41, 5.74) is 1.73. The van der Waals surface area contributed by atoms with Crippen LogP contribution in [0.1, 0.15) is 5.69 Å². The van der Waals surface area contributed by atoms with E-state index < -0.39 is 0 Å². The third-order valence-electron chi connectivity index (χ3n) is 2.30. The fourth-order valence-corrected chi connectivity index (χ4v) is 2.29. The van der Waals surface area contributed by atoms with Crippen molar-refractivity contribution in [3.8, 4) is 0 Å². The zero-order valence-electron chi connectivity index (χ0n) is 9.39. The molecule has 0 spiro atoms. The average molecular weight is 253 g/mol. The molecule has 0 aliphatic rings. The fourth-order valence-electron chi connectivity index (χ4n) is 1.49. The van der Waals surface area contributed by atoms with Crippen LogP contribution in [0.25, 0.3) is 10.2 Å². The van der Waals surface area contributed by atoms with Crippen LogP contribution in [-0.2, 0) is 0 Å². The second-order valence-electron chi connectivity index (χ2n) is 3.56. The molecule has 0 unspecified atom stereocenters. The molecular weight excluding hydrogens is 244 g/mol. The Hall–Kier alpha value is -2.36. The summed E-state index contributed by atoms with van der Waals surface area (Å²) >= 11 is 1.52. The van der Waals surface area contributed by atoms with E-state index in [2.05, 4.69) is 19.9 Å². The Morgan fingerprint density at radius 3 is 2.83 bits per heavy atom. The van der Waals surface area contributed by atoms with Gasteiger partial charge >= 0.3 is 6.21 Å². The predicted molar refractivity (Wildman–Crippen MR) is 71.4 cm³/mol. The summed E-state index contributed by atoms with van der Waals surface area (Å²) in [6.45, 7) is 0. The van der Waals surface area contributed by atoms with Crippen LogP contribution >= 0.6 is 11.3 Å². The maximum atomic E-state index is 4.36. The largest absolute Gasteiger partial charge is 0.356 e. The molecule has 1 aromatic carbocycles. The highest BCUT2D eigenvalue weighted by Gasteiger charge is 2.04. The van der Waals surface area contributed by atoms with Crippen molar-refractivity contribution in [2.45, 2.75) is 0 Å². The molecule has 2 aromatic heterocycles. The van der Waals surface area contributed by atoms with Crippen molar-refractivity contribution < 1.29 is 4.79 Å². The van der Waals surface area contributed by atoms with E-state index >= 15 is 0 Å². The minimum Gasteiger partial charge on any atom is -0.249 e. The molecule has 3 aromatic rings. The third-order valence-corrected chi connectivity index (χ3v) is 3.22. The molecule has 0 N–H and O–H groups in total. The number of pyridine rings is 1. The van der Waals surface area contributed by atoms with Gasteiger partial charge in [0.2, 0.25) is 0 Å². The van der Waals surface area contributed by atoms with Gasteiger partial charge in [0.15, 0.2) is 5.11 Å². The molecule has 0 bridgehead atoms. The van der Waals surface area contributed by atoms with Crippen molar-refractivity contribution in [1.29, 1.82) is 0 Å². The van der Waals surface area contributed by atoms with Crippen molar-refractivity contribution in [2.24, 2.45) is 5.11 Å². The highest BCUT2D eigenvalue weighted by Crippen LogP contribution is 2.26. The summed E-state index contributed by atoms with van der Waals surface area (Å²) in [5, 5.41) is 4.73. The Bertz CT molecular complexity index is 694. The molecule has 0 aliphatic heterocycles. The van der Waals surface area contributed by atoms with Gasteiger partial charge in [0.1, 0.15) is 5.69 Å². The van der Waals surface area contributed by atoms with Gasteiger partial charge in [-0.2, -0.15) is 0 Å². The predicted octanol–water partition coefficient (Wildman–Crippen LogP) is 3.10. The Kier molecular flexibility index (Phi) is 2.92. The first-order chi connectivity index (χ1) is 8.92. The van der Waals surface area contributed by atoms with E-state index in [1.807, 2.05) is 42.5 Å². The van der Waals surface area contributed by atoms with Crippen LogP contribution in [0, 0.1) is 0 Å². The Morgan fingerprint density at radius 1 is 1.11 bits per heavy atom. The van der Waals surface area contributed by atoms with Crippen LogP contribution in [0.5, 0.6) is 0 Å². The summed E-state index contributed by atoms with van der Waals surface area (Å²) in [4.78, 5) is 12.5. The highest BCUT2D eigenvalue weighted by molar-refractivity contribution is 7.21. The van der Waals surface area contributed by atoms with E-state index in [0.29, 0.717) is 5.13 Å². The molecule has 86 valence electrons. The van der Waals surface area contributed by atoms with Gasteiger partial charge < -0.3 is 0 Å². The zero-order chi connectivity index (χ0) is 12.2. The topological polar surface area (TPSA) is 52.2 Å². The number of thiazole rings is 1. The number of benzene rings is 1. The van der Waals surface area contributed by atoms with E-state index in [-0.39, 0.29) is 0 Å². The zero-order valence-corrected chi connectivity index (χ0v) is 10.2. The van der Waals surface area contributed by atoms with Crippen LogP contribution < -0.4 is 0 Å². The maximum Gasteiger partial charge on any atom is 0.356 e. The molecule has 0 amide bonds. The summed E-state index contributed by atoms with van der Waals surface area (Å²) in [6, 6.07) is 13.6. The second-order valence-corrected chi connectivity index (χ2v) is 4.57. The lowest BCUT2D eigenvalue weighted by Gasteiger charge is -1.80. The first kappa shape index (κ1) is 10.8. The van der Waals surface area contributed by atoms with Crippen LogP contribution in [0.2, 0.25) is 0 Å². The summed E-state index contributed by atoms with van der Waals surface area (Å²) in [5.74, 6) is 0. The minimum absolute atomic E-state index is 0.656. The number of para-hydroxylation sites is 1. The molecule has 0 saturated carbocycles. The van der Waals surface area contributed by atoms with Crippen LogP contribution in [-0.4, -0.2) is 21.0 Å².